The number of hydrogen-bond donors (Lipinski definition) is 1. The molecule has 3 aromatic rings. The van der Waals surface area contributed by atoms with E-state index in [2.05, 4.69) is 23.6 Å². The summed E-state index contributed by atoms with van der Waals surface area (Å²) < 4.78 is 33.3. The van der Waals surface area contributed by atoms with Crippen LogP contribution in [0.2, 0.25) is 0 Å². The van der Waals surface area contributed by atoms with E-state index in [1.54, 1.807) is 22.4 Å². The Balaban J connectivity index is 0.00000289. The number of carbonyl (C=O) groups excluding carboxylic acids is 1. The number of carbonyl (C=O) groups is 1. The fraction of sp³-hybridized carbons (Fsp3) is 0.273. The van der Waals surface area contributed by atoms with Crippen LogP contribution in [-0.2, 0) is 14.8 Å². The number of benzene rings is 2. The number of nitrogens with one attached hydrogen (secondary N) is 1. The zero-order valence-electron chi connectivity index (χ0n) is 17.2. The van der Waals surface area contributed by atoms with Crippen molar-refractivity contribution in [1.29, 1.82) is 0 Å². The molecule has 164 valence electrons. The Bertz CT molecular complexity index is 1150. The quantitative estimate of drug-likeness (QED) is 0.562. The number of aromatic nitrogens is 1. The van der Waals surface area contributed by atoms with Crippen LogP contribution in [-0.4, -0.2) is 32.0 Å². The number of amides is 1. The van der Waals surface area contributed by atoms with Crippen molar-refractivity contribution in [2.45, 2.75) is 37.2 Å². The Hall–Kier alpha value is -2.91. The summed E-state index contributed by atoms with van der Waals surface area (Å²) in [6.45, 7) is 4.76. The van der Waals surface area contributed by atoms with Gasteiger partial charge in [0.15, 0.2) is 11.2 Å². The molecule has 1 aliphatic heterocycles. The molecule has 1 unspecified atom stereocenters. The third kappa shape index (κ3) is 4.72. The Morgan fingerprint density at radius 2 is 1.87 bits per heavy atom. The number of ether oxygens (including phenoxy) is 1. The fourth-order valence-corrected chi connectivity index (χ4v) is 5.16. The molecule has 1 saturated heterocycles. The van der Waals surface area contributed by atoms with Crippen LogP contribution in [0.3, 0.4) is 0 Å². The largest absolute Gasteiger partial charge is 0.481 e. The van der Waals surface area contributed by atoms with Gasteiger partial charge in [0.05, 0.1) is 4.90 Å². The third-order valence-corrected chi connectivity index (χ3v) is 7.27. The van der Waals surface area contributed by atoms with Crippen molar-refractivity contribution in [3.8, 4) is 5.75 Å². The molecule has 0 aliphatic carbocycles. The Morgan fingerprint density at radius 3 is 2.48 bits per heavy atom. The lowest BCUT2D eigenvalue weighted by Crippen LogP contribution is -2.32. The first-order valence-electron chi connectivity index (χ1n) is 9.94. The summed E-state index contributed by atoms with van der Waals surface area (Å²) in [5.41, 5.74) is 1.85. The predicted molar refractivity (Wildman–Crippen MR) is 123 cm³/mol. The van der Waals surface area contributed by atoms with Gasteiger partial charge in [-0.3, -0.25) is 9.52 Å². The molecule has 1 aliphatic rings. The van der Waals surface area contributed by atoms with Gasteiger partial charge in [0.2, 0.25) is 0 Å². The van der Waals surface area contributed by atoms with Crippen molar-refractivity contribution >= 4 is 38.1 Å². The zero-order chi connectivity index (χ0) is 22.0. The van der Waals surface area contributed by atoms with E-state index in [1.165, 1.54) is 35.2 Å². The van der Waals surface area contributed by atoms with E-state index < -0.39 is 16.1 Å². The van der Waals surface area contributed by atoms with Crippen LogP contribution in [0, 0.1) is 0 Å². The topological polar surface area (TPSA) is 88.6 Å². The minimum absolute atomic E-state index is 0. The molecule has 0 bridgehead atoms. The fourth-order valence-electron chi connectivity index (χ4n) is 3.37. The van der Waals surface area contributed by atoms with Crippen molar-refractivity contribution in [3.63, 3.8) is 0 Å². The van der Waals surface area contributed by atoms with Crippen LogP contribution in [0.25, 0.3) is 0 Å². The molecule has 0 radical (unpaired) electrons. The monoisotopic (exact) mass is 459 g/mol. The molecule has 0 saturated carbocycles. The molecule has 1 amide bonds. The lowest BCUT2D eigenvalue weighted by Gasteiger charge is -2.18. The van der Waals surface area contributed by atoms with E-state index in [9.17, 15) is 13.2 Å². The van der Waals surface area contributed by atoms with E-state index in [1.807, 2.05) is 24.3 Å². The van der Waals surface area contributed by atoms with Gasteiger partial charge in [-0.25, -0.2) is 13.4 Å². The highest BCUT2D eigenvalue weighted by molar-refractivity contribution is 7.93. The smallest absolute Gasteiger partial charge is 0.268 e. The van der Waals surface area contributed by atoms with Gasteiger partial charge in [-0.15, -0.1) is 11.3 Å². The average molecular weight is 460 g/mol. The Labute approximate surface area is 187 Å². The summed E-state index contributed by atoms with van der Waals surface area (Å²) in [6, 6.07) is 14.0. The first-order valence-corrected chi connectivity index (χ1v) is 12.3. The van der Waals surface area contributed by atoms with E-state index in [4.69, 9.17) is 4.74 Å². The summed E-state index contributed by atoms with van der Waals surface area (Å²) in [4.78, 5) is 18.5. The Morgan fingerprint density at radius 1 is 1.16 bits per heavy atom. The van der Waals surface area contributed by atoms with Gasteiger partial charge in [0.25, 0.3) is 15.9 Å². The molecular weight excluding hydrogens is 434 g/mol. The average Bonchev–Trinajstić information content (AvgIpc) is 3.38. The van der Waals surface area contributed by atoms with Crippen molar-refractivity contribution in [2.24, 2.45) is 0 Å². The molecule has 1 N–H and O–H groups in total. The molecule has 1 aromatic heterocycles. The van der Waals surface area contributed by atoms with Gasteiger partial charge in [-0.2, -0.15) is 0 Å². The highest BCUT2D eigenvalue weighted by atomic mass is 32.2. The van der Waals surface area contributed by atoms with Gasteiger partial charge in [-0.1, -0.05) is 26.0 Å². The number of hydrogen-bond acceptors (Lipinski definition) is 6. The molecular formula is C22H25N3O4S2. The van der Waals surface area contributed by atoms with Gasteiger partial charge < -0.3 is 9.64 Å². The van der Waals surface area contributed by atoms with Crippen LogP contribution in [0.1, 0.15) is 33.2 Å². The minimum atomic E-state index is -3.73. The number of nitrogens with zero attached hydrogens (tertiary/aromatic N) is 2. The summed E-state index contributed by atoms with van der Waals surface area (Å²) in [6.07, 6.45) is 1.54. The first kappa shape index (κ1) is 21.3. The maximum Gasteiger partial charge on any atom is 0.268 e. The van der Waals surface area contributed by atoms with E-state index >= 15 is 0 Å². The molecule has 2 aromatic carbocycles. The first-order chi connectivity index (χ1) is 14.8. The second-order valence-corrected chi connectivity index (χ2v) is 10.1. The summed E-state index contributed by atoms with van der Waals surface area (Å²) in [7, 11) is -3.73. The van der Waals surface area contributed by atoms with Crippen LogP contribution in [0.4, 0.5) is 10.8 Å². The highest BCUT2D eigenvalue weighted by Gasteiger charge is 2.34. The number of rotatable bonds is 7. The molecule has 1 atom stereocenters. The van der Waals surface area contributed by atoms with Gasteiger partial charge in [-0.05, 0) is 47.9 Å². The van der Waals surface area contributed by atoms with Crippen molar-refractivity contribution in [3.05, 3.63) is 65.7 Å². The van der Waals surface area contributed by atoms with Crippen molar-refractivity contribution in [1.82, 2.24) is 4.98 Å². The second-order valence-electron chi connectivity index (χ2n) is 7.55. The van der Waals surface area contributed by atoms with E-state index in [-0.39, 0.29) is 12.2 Å². The molecule has 31 heavy (non-hydrogen) atoms. The predicted octanol–water partition coefficient (Wildman–Crippen LogP) is 4.50. The number of sulfonamides is 1. The highest BCUT2D eigenvalue weighted by Crippen LogP contribution is 2.27. The standard InChI is InChI=1S/C22H23N3O4S2.H2/c1-15(2)16-3-7-18(8-4-16)29-20-11-13-25(21(20)26)17-5-9-19(10-6-17)31(27,28)24-22-23-12-14-30-22;/h3-10,12,14-15,20H,11,13H2,1-2H3,(H,23,24);1H. The molecule has 9 heteroatoms. The molecule has 2 heterocycles. The number of anilines is 2. The number of thiazole rings is 1. The minimum Gasteiger partial charge on any atom is -0.481 e. The van der Waals surface area contributed by atoms with Gasteiger partial charge in [0.1, 0.15) is 5.75 Å². The maximum absolute atomic E-state index is 12.8. The van der Waals surface area contributed by atoms with Crippen molar-refractivity contribution < 1.29 is 19.4 Å². The summed E-state index contributed by atoms with van der Waals surface area (Å²) in [5.74, 6) is 0.963. The lowest BCUT2D eigenvalue weighted by atomic mass is 10.0. The summed E-state index contributed by atoms with van der Waals surface area (Å²) in [5, 5.41) is 2.00. The molecule has 7 nitrogen and oxygen atoms in total. The van der Waals surface area contributed by atoms with Crippen LogP contribution in [0.5, 0.6) is 5.75 Å². The summed E-state index contributed by atoms with van der Waals surface area (Å²) >= 11 is 1.20. The van der Waals surface area contributed by atoms with Crippen LogP contribution < -0.4 is 14.4 Å². The van der Waals surface area contributed by atoms with Gasteiger partial charge in [0, 0.05) is 31.7 Å². The van der Waals surface area contributed by atoms with E-state index in [0.717, 1.165) is 0 Å². The maximum atomic E-state index is 12.8. The second kappa shape index (κ2) is 8.68. The molecule has 0 spiro atoms. The van der Waals surface area contributed by atoms with Crippen LogP contribution in [0.15, 0.2) is 65.0 Å². The molecule has 1 fully saturated rings. The Kier molecular flexibility index (Phi) is 5.97. The molecule has 4 rings (SSSR count). The lowest BCUT2D eigenvalue weighted by molar-refractivity contribution is -0.122. The SMILES string of the molecule is CC(C)c1ccc(OC2CCN(c3ccc(S(=O)(=O)Nc4nccs4)cc3)C2=O)cc1.[HH]. The zero-order valence-corrected chi connectivity index (χ0v) is 18.8. The third-order valence-electron chi connectivity index (χ3n) is 5.09. The van der Waals surface area contributed by atoms with E-state index in [0.29, 0.717) is 35.5 Å². The normalized spacial score (nSPS) is 16.7. The van der Waals surface area contributed by atoms with Crippen LogP contribution >= 0.6 is 11.3 Å². The van der Waals surface area contributed by atoms with Gasteiger partial charge >= 0.3 is 0 Å². The van der Waals surface area contributed by atoms with Crippen molar-refractivity contribution in [2.75, 3.05) is 16.2 Å².